The number of rotatable bonds is 20. The number of H-pyrrole nitrogens is 1. The standard InChI is InChI=1S/2C18H16N2O.C15H18N2O.C14H16N2O.C13H8N4O2.C13H14N2O.C12H12N2O/c1-12-4-5-15(8-13(12)2)20-11-14(10-19)17-7-6-16(21-3)9-18(17)20;1-2-20-12-15(11-19)17-9-8-16(10-18(17)20)21-13-14-6-4-3-5-7-14;1-3-5-8-18-13-6-7-14-12(10-16)11-17(4-2)15(14)9-13;1-4-16-9-11(8-15)13-6-5-12(7-14(13)16)17-10(2)3;14-8-11-10-4-3-9(17(18)19)7-12(10)15-13(11)16-5-1-2-6-16;1-3-15-9-10(8-14)12-6-5-11(16-4-2)7-13(12)15;1-8(2)14-7-9(6-13)11-4-3-10(15)5-12(11)14/h4-9,11H,1-3H3;3-10,12H,2,13H2,1H3;6-7,9,11H,3-5,8H2,1-2H3;5-7,9-10H,4H2,1-3H3;1-7,15H;5-7,9H,3-4H2,1-2H3;3-5,7-8,15H,1-2H3. The van der Waals surface area contributed by atoms with Gasteiger partial charge in [-0.3, -0.25) is 10.1 Å². The Kier molecular flexibility index (Phi) is 30.9. The first-order valence-electron chi connectivity index (χ1n) is 42.0. The van der Waals surface area contributed by atoms with Gasteiger partial charge >= 0.3 is 0 Å². The maximum atomic E-state index is 10.8. The zero-order chi connectivity index (χ0) is 91.0. The van der Waals surface area contributed by atoms with Crippen LogP contribution in [-0.2, 0) is 32.8 Å². The molecule has 17 aromatic rings. The molecule has 0 aliphatic rings. The lowest BCUT2D eigenvalue weighted by Crippen LogP contribution is -2.05. The van der Waals surface area contributed by atoms with Gasteiger partial charge in [-0.15, -0.1) is 0 Å². The SMILES string of the molecule is CC(C)n1cc(C#N)c2ccc(O)cc21.CCCCOc1ccc2c(C#N)cn(CC)c2c1.CCOc1ccc2c(C#N)cn(CC)c2c1.CCn1cc(C#N)c2ccc(OC(C)C)cc21.CCn1cc(C#N)c2ccc(OCc3ccccc3)cc21.COc1ccc2c(C#N)cn(-c3ccc(C)c(C)c3)c2c1.N#Cc1c(-n2cccc2)[nH]c2cc([N+](=O)[O-])ccc12. The number of nitrogens with zero attached hydrogens (tertiary/aromatic N) is 15. The van der Waals surface area contributed by atoms with Crippen LogP contribution in [0.25, 0.3) is 87.8 Å². The van der Waals surface area contributed by atoms with Gasteiger partial charge in [-0.2, -0.15) is 36.8 Å². The molecule has 0 aliphatic heterocycles. The first kappa shape index (κ1) is 91.4. The summed E-state index contributed by atoms with van der Waals surface area (Å²) < 4.78 is 42.1. The number of nitro groups is 1. The van der Waals surface area contributed by atoms with E-state index >= 15 is 0 Å². The van der Waals surface area contributed by atoms with E-state index in [9.17, 15) is 31.0 Å². The number of non-ortho nitro benzene ring substituents is 1. The summed E-state index contributed by atoms with van der Waals surface area (Å²) in [5, 5.41) is 90.6. The van der Waals surface area contributed by atoms with Gasteiger partial charge in [0.1, 0.15) is 95.0 Å². The second-order valence-corrected chi connectivity index (χ2v) is 30.1. The van der Waals surface area contributed by atoms with Crippen LogP contribution in [0.3, 0.4) is 0 Å². The molecule has 0 amide bonds. The van der Waals surface area contributed by atoms with Gasteiger partial charge in [0.05, 0.1) is 103 Å². The summed E-state index contributed by atoms with van der Waals surface area (Å²) in [6, 6.07) is 74.7. The van der Waals surface area contributed by atoms with E-state index in [0.29, 0.717) is 52.2 Å². The summed E-state index contributed by atoms with van der Waals surface area (Å²) >= 11 is 0. The molecule has 0 bridgehead atoms. The van der Waals surface area contributed by atoms with Crippen LogP contribution in [0.5, 0.6) is 34.5 Å². The van der Waals surface area contributed by atoms with Crippen LogP contribution in [-0.4, -0.2) is 73.4 Å². The zero-order valence-corrected chi connectivity index (χ0v) is 73.5. The molecule has 0 unspecified atom stereocenters. The number of benzene rings is 9. The molecule has 0 saturated carbocycles. The van der Waals surface area contributed by atoms with E-state index in [1.807, 2.05) is 214 Å². The van der Waals surface area contributed by atoms with Crippen LogP contribution in [0.15, 0.2) is 238 Å². The van der Waals surface area contributed by atoms with Crippen LogP contribution >= 0.6 is 0 Å². The van der Waals surface area contributed by atoms with Crippen LogP contribution < -0.4 is 23.7 Å². The summed E-state index contributed by atoms with van der Waals surface area (Å²) in [4.78, 5) is 13.3. The highest BCUT2D eigenvalue weighted by Gasteiger charge is 2.19. The lowest BCUT2D eigenvalue weighted by molar-refractivity contribution is -0.384. The smallest absolute Gasteiger partial charge is 0.271 e. The van der Waals surface area contributed by atoms with Crippen LogP contribution in [0.1, 0.15) is 144 Å². The maximum Gasteiger partial charge on any atom is 0.271 e. The topological polar surface area (TPSA) is 326 Å². The number of nitrogens with one attached hydrogen (secondary N) is 1. The molecule has 17 rings (SSSR count). The number of fused-ring (bicyclic) bond motifs is 7. The molecule has 0 spiro atoms. The summed E-state index contributed by atoms with van der Waals surface area (Å²) in [5.74, 6) is 5.04. The average molecular weight is 1690 g/mol. The Hall–Kier alpha value is -16.3. The number of unbranched alkanes of at least 4 members (excludes halogenated alkanes) is 1. The Labute approximate surface area is 738 Å². The van der Waals surface area contributed by atoms with Crippen LogP contribution in [0, 0.1) is 103 Å². The summed E-state index contributed by atoms with van der Waals surface area (Å²) in [7, 11) is 1.65. The first-order valence-corrected chi connectivity index (χ1v) is 42.0. The number of phenolic OH excluding ortho intramolecular Hbond substituents is 1. The predicted molar refractivity (Wildman–Crippen MR) is 499 cm³/mol. The van der Waals surface area contributed by atoms with Gasteiger partial charge in [0.2, 0.25) is 0 Å². The third-order valence-corrected chi connectivity index (χ3v) is 21.3. The summed E-state index contributed by atoms with van der Waals surface area (Å²) in [5.41, 5.74) is 16.1. The summed E-state index contributed by atoms with van der Waals surface area (Å²) in [6.45, 7) is 30.0. The highest BCUT2D eigenvalue weighted by atomic mass is 16.6. The maximum absolute atomic E-state index is 10.8. The van der Waals surface area contributed by atoms with Crippen molar-refractivity contribution >= 4 is 82.0 Å². The van der Waals surface area contributed by atoms with Gasteiger partial charge in [0.15, 0.2) is 0 Å². The second kappa shape index (κ2) is 42.9. The number of aromatic amines is 1. The average Bonchev–Trinajstić information content (AvgIpc) is 1.65. The molecular formula is C103H100N16O8. The molecule has 640 valence electrons. The van der Waals surface area contributed by atoms with E-state index in [1.54, 1.807) is 48.3 Å². The largest absolute Gasteiger partial charge is 0.508 e. The number of aromatic nitrogens is 8. The minimum Gasteiger partial charge on any atom is -0.508 e. The molecule has 24 nitrogen and oxygen atoms in total. The molecule has 0 atom stereocenters. The number of hydrogen-bond donors (Lipinski definition) is 2. The van der Waals surface area contributed by atoms with Gasteiger partial charge in [-0.25, -0.2) is 0 Å². The van der Waals surface area contributed by atoms with Crippen LogP contribution in [0.4, 0.5) is 5.69 Å². The van der Waals surface area contributed by atoms with Crippen molar-refractivity contribution in [1.29, 1.82) is 36.8 Å². The van der Waals surface area contributed by atoms with Gasteiger partial charge in [-0.05, 0) is 202 Å². The molecule has 0 radical (unpaired) electrons. The Balaban J connectivity index is 0.000000144. The minimum absolute atomic E-state index is 0.00250. The molecule has 127 heavy (non-hydrogen) atoms. The molecule has 9 aromatic carbocycles. The third kappa shape index (κ3) is 21.4. The molecule has 8 heterocycles. The number of ether oxygens (including phenoxy) is 5. The van der Waals surface area contributed by atoms with Crippen molar-refractivity contribution in [1.82, 2.24) is 37.0 Å². The lowest BCUT2D eigenvalue weighted by atomic mass is 10.1. The summed E-state index contributed by atoms with van der Waals surface area (Å²) in [6.07, 6.45) is 17.3. The molecule has 0 saturated heterocycles. The van der Waals surface area contributed by atoms with Crippen molar-refractivity contribution in [2.24, 2.45) is 0 Å². The molecule has 24 heteroatoms. The number of aromatic hydroxyl groups is 1. The quantitative estimate of drug-likeness (QED) is 0.0407. The fourth-order valence-electron chi connectivity index (χ4n) is 14.7. The van der Waals surface area contributed by atoms with E-state index in [1.165, 1.54) is 23.3 Å². The van der Waals surface area contributed by atoms with E-state index in [2.05, 4.69) is 132 Å². The number of nitro benzene ring substituents is 1. The number of phenols is 1. The van der Waals surface area contributed by atoms with Crippen molar-refractivity contribution in [3.63, 3.8) is 0 Å². The van der Waals surface area contributed by atoms with Crippen molar-refractivity contribution < 1.29 is 33.7 Å². The fraction of sp³-hybridized carbons (Fsp3) is 0.233. The second-order valence-electron chi connectivity index (χ2n) is 30.1. The van der Waals surface area contributed by atoms with E-state index in [-0.39, 0.29) is 23.6 Å². The van der Waals surface area contributed by atoms with E-state index in [4.69, 9.17) is 44.7 Å². The molecule has 2 N–H and O–H groups in total. The Morgan fingerprint density at radius 2 is 0.898 bits per heavy atom. The molecule has 0 fully saturated rings. The minimum atomic E-state index is -0.457. The third-order valence-electron chi connectivity index (χ3n) is 21.3. The van der Waals surface area contributed by atoms with E-state index in [0.717, 1.165) is 168 Å². The fourth-order valence-corrected chi connectivity index (χ4v) is 14.7. The van der Waals surface area contributed by atoms with E-state index < -0.39 is 4.92 Å². The van der Waals surface area contributed by atoms with Gasteiger partial charge in [0.25, 0.3) is 5.69 Å². The van der Waals surface area contributed by atoms with Crippen LogP contribution in [0.2, 0.25) is 0 Å². The molecule has 8 aromatic heterocycles. The Morgan fingerprint density at radius 1 is 0.449 bits per heavy atom. The number of methoxy groups -OCH3 is 1. The number of aryl methyl sites for hydroxylation is 6. The van der Waals surface area contributed by atoms with Crippen molar-refractivity contribution in [2.45, 2.75) is 141 Å². The Bertz CT molecular complexity index is 7080. The number of nitriles is 7. The first-order chi connectivity index (χ1) is 61.5. The Morgan fingerprint density at radius 3 is 1.36 bits per heavy atom. The van der Waals surface area contributed by atoms with Gasteiger partial charge in [-0.1, -0.05) is 49.7 Å². The van der Waals surface area contributed by atoms with Gasteiger partial charge < -0.3 is 65.7 Å². The van der Waals surface area contributed by atoms with Gasteiger partial charge in [0, 0.05) is 174 Å². The van der Waals surface area contributed by atoms with Crippen molar-refractivity contribution in [3.05, 3.63) is 303 Å². The number of hydrogen-bond acceptors (Lipinski definition) is 15. The molecule has 0 aliphatic carbocycles. The highest BCUT2D eigenvalue weighted by Crippen LogP contribution is 2.35. The lowest BCUT2D eigenvalue weighted by Gasteiger charge is -2.10. The normalized spacial score (nSPS) is 10.6. The highest BCUT2D eigenvalue weighted by molar-refractivity contribution is 5.94. The molecular weight excluding hydrogens is 1590 g/mol. The van der Waals surface area contributed by atoms with Crippen molar-refractivity contribution in [3.8, 4) is 88.5 Å². The zero-order valence-electron chi connectivity index (χ0n) is 73.5. The predicted octanol–water partition coefficient (Wildman–Crippen LogP) is 23.7. The van der Waals surface area contributed by atoms with Crippen molar-refractivity contribution in [2.75, 3.05) is 20.3 Å². The monoisotopic (exact) mass is 1690 g/mol.